The molecule has 0 amide bonds. The Labute approximate surface area is 107 Å². The first-order chi connectivity index (χ1) is 8.69. The molecule has 100 valence electrons. The zero-order valence-corrected chi connectivity index (χ0v) is 10.9. The van der Waals surface area contributed by atoms with Gasteiger partial charge in [-0.2, -0.15) is 0 Å². The van der Waals surface area contributed by atoms with E-state index in [1.165, 1.54) is 0 Å². The standard InChI is InChI=1S/C12H21N5O/c1-8(10-3-5-18-6-4-10)14-11-7-12(17-13)16-9(2)15-11/h7-8,10H,3-6,13H2,1-2H3,(H2,14,15,16,17). The van der Waals surface area contributed by atoms with Crippen LogP contribution in [0.1, 0.15) is 25.6 Å². The minimum Gasteiger partial charge on any atom is -0.381 e. The molecular weight excluding hydrogens is 230 g/mol. The van der Waals surface area contributed by atoms with Gasteiger partial charge in [0.1, 0.15) is 17.5 Å². The second-order valence-corrected chi connectivity index (χ2v) is 4.71. The van der Waals surface area contributed by atoms with Gasteiger partial charge in [-0.05, 0) is 32.6 Å². The van der Waals surface area contributed by atoms with Crippen molar-refractivity contribution in [3.63, 3.8) is 0 Å². The molecule has 1 aromatic rings. The van der Waals surface area contributed by atoms with Gasteiger partial charge >= 0.3 is 0 Å². The van der Waals surface area contributed by atoms with E-state index >= 15 is 0 Å². The minimum atomic E-state index is 0.369. The van der Waals surface area contributed by atoms with Crippen LogP contribution in [0, 0.1) is 12.8 Å². The largest absolute Gasteiger partial charge is 0.381 e. The number of nitrogen functional groups attached to an aromatic ring is 1. The van der Waals surface area contributed by atoms with Crippen LogP contribution in [0.5, 0.6) is 0 Å². The van der Waals surface area contributed by atoms with E-state index in [1.807, 2.05) is 13.0 Å². The van der Waals surface area contributed by atoms with Crippen molar-refractivity contribution in [2.75, 3.05) is 24.0 Å². The van der Waals surface area contributed by atoms with Gasteiger partial charge in [0.15, 0.2) is 0 Å². The second-order valence-electron chi connectivity index (χ2n) is 4.71. The lowest BCUT2D eigenvalue weighted by Gasteiger charge is -2.28. The summed E-state index contributed by atoms with van der Waals surface area (Å²) in [4.78, 5) is 8.53. The Morgan fingerprint density at radius 3 is 2.67 bits per heavy atom. The number of nitrogens with zero attached hydrogens (tertiary/aromatic N) is 2. The van der Waals surface area contributed by atoms with Gasteiger partial charge in [0, 0.05) is 25.3 Å². The van der Waals surface area contributed by atoms with E-state index in [0.29, 0.717) is 23.6 Å². The highest BCUT2D eigenvalue weighted by Gasteiger charge is 2.20. The van der Waals surface area contributed by atoms with Crippen molar-refractivity contribution in [3.8, 4) is 0 Å². The fourth-order valence-electron chi connectivity index (χ4n) is 2.28. The highest BCUT2D eigenvalue weighted by atomic mass is 16.5. The summed E-state index contributed by atoms with van der Waals surface area (Å²) in [6, 6.07) is 2.19. The quantitative estimate of drug-likeness (QED) is 0.552. The van der Waals surface area contributed by atoms with Gasteiger partial charge in [0.25, 0.3) is 0 Å². The average molecular weight is 251 g/mol. The van der Waals surface area contributed by atoms with Crippen LogP contribution < -0.4 is 16.6 Å². The number of nitrogens with one attached hydrogen (secondary N) is 2. The summed E-state index contributed by atoms with van der Waals surface area (Å²) >= 11 is 0. The Balaban J connectivity index is 2.01. The molecule has 1 fully saturated rings. The number of ether oxygens (including phenoxy) is 1. The lowest BCUT2D eigenvalue weighted by molar-refractivity contribution is 0.0622. The smallest absolute Gasteiger partial charge is 0.145 e. The number of aryl methyl sites for hydroxylation is 1. The van der Waals surface area contributed by atoms with Crippen LogP contribution in [0.4, 0.5) is 11.6 Å². The summed E-state index contributed by atoms with van der Waals surface area (Å²) in [7, 11) is 0. The molecule has 6 nitrogen and oxygen atoms in total. The molecule has 1 unspecified atom stereocenters. The molecule has 18 heavy (non-hydrogen) atoms. The van der Waals surface area contributed by atoms with E-state index < -0.39 is 0 Å². The van der Waals surface area contributed by atoms with Crippen LogP contribution in [0.3, 0.4) is 0 Å². The molecular formula is C12H21N5O. The van der Waals surface area contributed by atoms with Crippen LogP contribution in [0.25, 0.3) is 0 Å². The lowest BCUT2D eigenvalue weighted by atomic mass is 9.93. The van der Waals surface area contributed by atoms with Crippen LogP contribution in [-0.2, 0) is 4.74 Å². The van der Waals surface area contributed by atoms with Crippen LogP contribution >= 0.6 is 0 Å². The van der Waals surface area contributed by atoms with Gasteiger partial charge in [0.05, 0.1) is 0 Å². The molecule has 1 atom stereocenters. The first kappa shape index (κ1) is 13.0. The first-order valence-electron chi connectivity index (χ1n) is 6.35. The Morgan fingerprint density at radius 1 is 1.33 bits per heavy atom. The van der Waals surface area contributed by atoms with Gasteiger partial charge < -0.3 is 15.5 Å². The molecule has 0 bridgehead atoms. The van der Waals surface area contributed by atoms with E-state index in [1.54, 1.807) is 0 Å². The zero-order valence-electron chi connectivity index (χ0n) is 10.9. The molecule has 0 radical (unpaired) electrons. The summed E-state index contributed by atoms with van der Waals surface area (Å²) in [5.41, 5.74) is 2.55. The minimum absolute atomic E-state index is 0.369. The fraction of sp³-hybridized carbons (Fsp3) is 0.667. The Morgan fingerprint density at radius 2 is 2.00 bits per heavy atom. The number of nitrogens with two attached hydrogens (primary N) is 1. The van der Waals surface area contributed by atoms with Gasteiger partial charge in [-0.25, -0.2) is 15.8 Å². The Kier molecular flexibility index (Phi) is 4.33. The highest BCUT2D eigenvalue weighted by molar-refractivity contribution is 5.47. The molecule has 2 heterocycles. The molecule has 1 aliphatic rings. The molecule has 0 spiro atoms. The average Bonchev–Trinajstić information content (AvgIpc) is 2.39. The fourth-order valence-corrected chi connectivity index (χ4v) is 2.28. The molecule has 4 N–H and O–H groups in total. The normalized spacial score (nSPS) is 18.4. The SMILES string of the molecule is Cc1nc(NN)cc(NC(C)C2CCOCC2)n1. The summed E-state index contributed by atoms with van der Waals surface area (Å²) in [5, 5.41) is 3.42. The van der Waals surface area contributed by atoms with Crippen LogP contribution in [-0.4, -0.2) is 29.2 Å². The van der Waals surface area contributed by atoms with Crippen molar-refractivity contribution in [2.45, 2.75) is 32.7 Å². The second kappa shape index (κ2) is 5.97. The van der Waals surface area contributed by atoms with Gasteiger partial charge in [-0.1, -0.05) is 0 Å². The maximum absolute atomic E-state index is 5.38. The number of rotatable bonds is 4. The molecule has 0 aliphatic carbocycles. The topological polar surface area (TPSA) is 85.1 Å². The summed E-state index contributed by atoms with van der Waals surface area (Å²) in [6.45, 7) is 5.75. The number of anilines is 2. The van der Waals surface area contributed by atoms with Crippen molar-refractivity contribution >= 4 is 11.6 Å². The molecule has 0 aromatic carbocycles. The monoisotopic (exact) mass is 251 g/mol. The lowest BCUT2D eigenvalue weighted by Crippen LogP contribution is -2.31. The summed E-state index contributed by atoms with van der Waals surface area (Å²) < 4.78 is 5.38. The highest BCUT2D eigenvalue weighted by Crippen LogP contribution is 2.21. The van der Waals surface area contributed by atoms with E-state index in [0.717, 1.165) is 31.9 Å². The Bertz CT molecular complexity index is 392. The molecule has 2 rings (SSSR count). The van der Waals surface area contributed by atoms with Crippen molar-refractivity contribution in [1.29, 1.82) is 0 Å². The van der Waals surface area contributed by atoms with Gasteiger partial charge in [-0.15, -0.1) is 0 Å². The number of hydrogen-bond donors (Lipinski definition) is 3. The maximum atomic E-state index is 5.38. The predicted molar refractivity (Wildman–Crippen MR) is 71.2 cm³/mol. The first-order valence-corrected chi connectivity index (χ1v) is 6.35. The van der Waals surface area contributed by atoms with E-state index in [-0.39, 0.29) is 0 Å². The predicted octanol–water partition coefficient (Wildman–Crippen LogP) is 1.30. The maximum Gasteiger partial charge on any atom is 0.145 e. The van der Waals surface area contributed by atoms with E-state index in [2.05, 4.69) is 27.6 Å². The van der Waals surface area contributed by atoms with Crippen molar-refractivity contribution in [3.05, 3.63) is 11.9 Å². The molecule has 1 aromatic heterocycles. The van der Waals surface area contributed by atoms with E-state index in [9.17, 15) is 0 Å². The van der Waals surface area contributed by atoms with Crippen molar-refractivity contribution in [1.82, 2.24) is 9.97 Å². The molecule has 1 aliphatic heterocycles. The third kappa shape index (κ3) is 3.30. The van der Waals surface area contributed by atoms with Crippen molar-refractivity contribution < 1.29 is 4.74 Å². The molecule has 0 saturated carbocycles. The number of hydrogen-bond acceptors (Lipinski definition) is 6. The Hall–Kier alpha value is -1.40. The molecule has 1 saturated heterocycles. The number of hydrazine groups is 1. The zero-order chi connectivity index (χ0) is 13.0. The van der Waals surface area contributed by atoms with Gasteiger partial charge in [0.2, 0.25) is 0 Å². The number of aromatic nitrogens is 2. The van der Waals surface area contributed by atoms with Gasteiger partial charge in [-0.3, -0.25) is 0 Å². The van der Waals surface area contributed by atoms with Crippen molar-refractivity contribution in [2.24, 2.45) is 11.8 Å². The van der Waals surface area contributed by atoms with Crippen LogP contribution in [0.2, 0.25) is 0 Å². The summed E-state index contributed by atoms with van der Waals surface area (Å²) in [5.74, 6) is 8.15. The third-order valence-corrected chi connectivity index (χ3v) is 3.33. The molecule has 6 heteroatoms. The third-order valence-electron chi connectivity index (χ3n) is 3.33. The summed E-state index contributed by atoms with van der Waals surface area (Å²) in [6.07, 6.45) is 2.19. The van der Waals surface area contributed by atoms with E-state index in [4.69, 9.17) is 10.6 Å². The van der Waals surface area contributed by atoms with Crippen LogP contribution in [0.15, 0.2) is 6.07 Å².